The van der Waals surface area contributed by atoms with Gasteiger partial charge in [0.15, 0.2) is 0 Å². The summed E-state index contributed by atoms with van der Waals surface area (Å²) in [5.41, 5.74) is 0. The van der Waals surface area contributed by atoms with Gasteiger partial charge in [-0.3, -0.25) is 14.4 Å². The highest BCUT2D eigenvalue weighted by Crippen LogP contribution is 2.05. The Morgan fingerprint density at radius 1 is 0.885 bits per heavy atom. The van der Waals surface area contributed by atoms with Gasteiger partial charge in [-0.25, -0.2) is 4.79 Å². The van der Waals surface area contributed by atoms with Gasteiger partial charge in [0.1, 0.15) is 18.1 Å². The topological polar surface area (TPSA) is 197 Å². The van der Waals surface area contributed by atoms with Gasteiger partial charge in [-0.2, -0.15) is 0 Å². The van der Waals surface area contributed by atoms with E-state index in [0.717, 1.165) is 6.42 Å². The maximum Gasteiger partial charge on any atom is 0.328 e. The largest absolute Gasteiger partial charge is 0.480 e. The lowest BCUT2D eigenvalue weighted by molar-refractivity contribution is -0.143. The third-order valence-electron chi connectivity index (χ3n) is 3.81. The van der Waals surface area contributed by atoms with E-state index in [0.29, 0.717) is 13.0 Å². The number of carboxylic acids is 1. The number of hydrogen-bond donors (Lipinski definition) is 8. The van der Waals surface area contributed by atoms with Crippen LogP contribution in [0, 0.1) is 0 Å². The van der Waals surface area contributed by atoms with Crippen LogP contribution in [0.15, 0.2) is 0 Å². The van der Waals surface area contributed by atoms with Gasteiger partial charge in [-0.05, 0) is 19.4 Å². The van der Waals surface area contributed by atoms with E-state index in [1.54, 1.807) is 0 Å². The molecule has 0 saturated carbocycles. The molecule has 4 atom stereocenters. The number of aliphatic hydroxyl groups is 3. The third kappa shape index (κ3) is 6.22. The normalized spacial score (nSPS) is 19.9. The van der Waals surface area contributed by atoms with E-state index in [2.05, 4.69) is 16.0 Å². The van der Waals surface area contributed by atoms with E-state index >= 15 is 0 Å². The molecule has 0 radical (unpaired) electrons. The highest BCUT2D eigenvalue weighted by Gasteiger charge is 2.30. The molecule has 1 fully saturated rings. The Morgan fingerprint density at radius 3 is 1.81 bits per heavy atom. The van der Waals surface area contributed by atoms with Gasteiger partial charge in [0.25, 0.3) is 0 Å². The summed E-state index contributed by atoms with van der Waals surface area (Å²) in [6.07, 6.45) is 1.39. The zero-order chi connectivity index (χ0) is 19.7. The summed E-state index contributed by atoms with van der Waals surface area (Å²) in [7, 11) is 0. The lowest BCUT2D eigenvalue weighted by Gasteiger charge is -2.23. The number of aliphatic carboxylic acids is 1. The van der Waals surface area contributed by atoms with Crippen LogP contribution in [0.3, 0.4) is 0 Å². The SMILES string of the molecule is O=C(O)C(CO)NC(=O)C(CO)NC(=O)C(CO)NC(=O)C1CCCN1. The first-order valence-corrected chi connectivity index (χ1v) is 8.03. The predicted molar refractivity (Wildman–Crippen MR) is 85.7 cm³/mol. The lowest BCUT2D eigenvalue weighted by atomic mass is 10.1. The van der Waals surface area contributed by atoms with Crippen molar-refractivity contribution in [2.24, 2.45) is 0 Å². The fourth-order valence-corrected chi connectivity index (χ4v) is 2.30. The van der Waals surface area contributed by atoms with E-state index in [-0.39, 0.29) is 0 Å². The molecule has 1 saturated heterocycles. The van der Waals surface area contributed by atoms with Crippen LogP contribution in [0.4, 0.5) is 0 Å². The molecule has 1 aliphatic rings. The van der Waals surface area contributed by atoms with E-state index in [4.69, 9.17) is 10.2 Å². The van der Waals surface area contributed by atoms with E-state index < -0.39 is 67.7 Å². The number of nitrogens with one attached hydrogen (secondary N) is 4. The van der Waals surface area contributed by atoms with Crippen LogP contribution in [0.5, 0.6) is 0 Å². The van der Waals surface area contributed by atoms with Crippen molar-refractivity contribution in [3.05, 3.63) is 0 Å². The standard InChI is InChI=1S/C14H24N4O8/c19-4-8(16-11(22)7-2-1-3-15-7)12(23)17-9(5-20)13(24)18-10(6-21)14(25)26/h7-10,15,19-21H,1-6H2,(H,16,22)(H,17,23)(H,18,24)(H,25,26). The number of aliphatic hydroxyl groups excluding tert-OH is 3. The fourth-order valence-electron chi connectivity index (χ4n) is 2.30. The summed E-state index contributed by atoms with van der Waals surface area (Å²) in [6, 6.07) is -4.95. The van der Waals surface area contributed by atoms with Crippen molar-refractivity contribution in [2.45, 2.75) is 37.0 Å². The molecule has 26 heavy (non-hydrogen) atoms. The Labute approximate surface area is 149 Å². The second-order valence-corrected chi connectivity index (χ2v) is 5.72. The molecule has 0 aliphatic carbocycles. The van der Waals surface area contributed by atoms with Gasteiger partial charge in [-0.1, -0.05) is 0 Å². The first kappa shape index (κ1) is 21.8. The van der Waals surface area contributed by atoms with Crippen LogP contribution < -0.4 is 21.3 Å². The van der Waals surface area contributed by atoms with Crippen LogP contribution in [-0.4, -0.2) is 94.6 Å². The first-order chi connectivity index (χ1) is 12.3. The van der Waals surface area contributed by atoms with Crippen molar-refractivity contribution >= 4 is 23.7 Å². The highest BCUT2D eigenvalue weighted by atomic mass is 16.4. The minimum absolute atomic E-state index is 0.477. The Hall–Kier alpha value is -2.28. The zero-order valence-corrected chi connectivity index (χ0v) is 14.0. The average Bonchev–Trinajstić information content (AvgIpc) is 3.15. The number of carbonyl (C=O) groups is 4. The molecule has 8 N–H and O–H groups in total. The lowest BCUT2D eigenvalue weighted by Crippen LogP contribution is -2.59. The Balaban J connectivity index is 2.63. The van der Waals surface area contributed by atoms with Gasteiger partial charge >= 0.3 is 5.97 Å². The summed E-state index contributed by atoms with van der Waals surface area (Å²) >= 11 is 0. The molecule has 12 nitrogen and oxygen atoms in total. The number of carboxylic acid groups (broad SMARTS) is 1. The summed E-state index contributed by atoms with van der Waals surface area (Å²) < 4.78 is 0. The van der Waals surface area contributed by atoms with Crippen LogP contribution in [0.2, 0.25) is 0 Å². The summed E-state index contributed by atoms with van der Waals surface area (Å²) in [5, 5.41) is 45.5. The fraction of sp³-hybridized carbons (Fsp3) is 0.714. The number of amides is 3. The maximum atomic E-state index is 12.1. The summed E-state index contributed by atoms with van der Waals surface area (Å²) in [4.78, 5) is 46.8. The second kappa shape index (κ2) is 10.7. The molecule has 0 aromatic heterocycles. The minimum atomic E-state index is -1.60. The highest BCUT2D eigenvalue weighted by molar-refractivity contribution is 5.94. The van der Waals surface area contributed by atoms with Gasteiger partial charge in [0, 0.05) is 0 Å². The molecule has 0 aromatic carbocycles. The molecular weight excluding hydrogens is 352 g/mol. The van der Waals surface area contributed by atoms with Crippen LogP contribution >= 0.6 is 0 Å². The van der Waals surface area contributed by atoms with E-state index in [1.807, 2.05) is 5.32 Å². The van der Waals surface area contributed by atoms with Gasteiger partial charge in [0.2, 0.25) is 17.7 Å². The zero-order valence-electron chi connectivity index (χ0n) is 14.0. The van der Waals surface area contributed by atoms with Gasteiger partial charge in [0.05, 0.1) is 25.9 Å². The molecule has 0 bridgehead atoms. The second-order valence-electron chi connectivity index (χ2n) is 5.72. The third-order valence-corrected chi connectivity index (χ3v) is 3.81. The predicted octanol–water partition coefficient (Wildman–Crippen LogP) is -4.75. The van der Waals surface area contributed by atoms with Crippen molar-refractivity contribution < 1.29 is 39.6 Å². The van der Waals surface area contributed by atoms with E-state index in [1.165, 1.54) is 0 Å². The first-order valence-electron chi connectivity index (χ1n) is 8.03. The molecule has 3 amide bonds. The molecular formula is C14H24N4O8. The Kier molecular flexibility index (Phi) is 8.92. The molecule has 4 unspecified atom stereocenters. The van der Waals surface area contributed by atoms with Crippen LogP contribution in [-0.2, 0) is 19.2 Å². The molecule has 0 spiro atoms. The molecule has 1 aliphatic heterocycles. The molecule has 0 aromatic rings. The van der Waals surface area contributed by atoms with E-state index in [9.17, 15) is 29.4 Å². The quantitative estimate of drug-likeness (QED) is 0.184. The molecule has 1 heterocycles. The van der Waals surface area contributed by atoms with Crippen molar-refractivity contribution in [1.82, 2.24) is 21.3 Å². The average molecular weight is 376 g/mol. The molecule has 1 rings (SSSR count). The summed E-state index contributed by atoms with van der Waals surface area (Å²) in [6.45, 7) is -1.81. The van der Waals surface area contributed by atoms with Crippen LogP contribution in [0.25, 0.3) is 0 Å². The molecule has 12 heteroatoms. The maximum absolute atomic E-state index is 12.1. The van der Waals surface area contributed by atoms with Crippen molar-refractivity contribution in [2.75, 3.05) is 26.4 Å². The van der Waals surface area contributed by atoms with Crippen molar-refractivity contribution in [3.8, 4) is 0 Å². The molecule has 148 valence electrons. The van der Waals surface area contributed by atoms with Gasteiger partial charge in [-0.15, -0.1) is 0 Å². The minimum Gasteiger partial charge on any atom is -0.480 e. The Morgan fingerprint density at radius 2 is 1.38 bits per heavy atom. The summed E-state index contributed by atoms with van der Waals surface area (Å²) in [5.74, 6) is -3.94. The van der Waals surface area contributed by atoms with Gasteiger partial charge < -0.3 is 41.7 Å². The number of carbonyl (C=O) groups excluding carboxylic acids is 3. The smallest absolute Gasteiger partial charge is 0.328 e. The van der Waals surface area contributed by atoms with Crippen LogP contribution in [0.1, 0.15) is 12.8 Å². The van der Waals surface area contributed by atoms with Crippen molar-refractivity contribution in [1.29, 1.82) is 0 Å². The Bertz CT molecular complexity index is 523. The number of hydrogen-bond acceptors (Lipinski definition) is 8. The number of rotatable bonds is 10. The van der Waals surface area contributed by atoms with Crippen molar-refractivity contribution in [3.63, 3.8) is 0 Å². The monoisotopic (exact) mass is 376 g/mol.